The van der Waals surface area contributed by atoms with Gasteiger partial charge in [-0.2, -0.15) is 5.26 Å². The van der Waals surface area contributed by atoms with Crippen molar-refractivity contribution in [3.8, 4) is 62.5 Å². The van der Waals surface area contributed by atoms with Crippen LogP contribution in [0.5, 0.6) is 0 Å². The fourth-order valence-corrected chi connectivity index (χ4v) is 6.01. The first kappa shape index (κ1) is 27.1. The largest absolute Gasteiger partial charge is 0.208 e. The van der Waals surface area contributed by atoms with Crippen LogP contribution in [0.2, 0.25) is 0 Å². The highest BCUT2D eigenvalue weighted by molar-refractivity contribution is 6.02. The van der Waals surface area contributed by atoms with Gasteiger partial charge in [-0.05, 0) is 62.0 Å². The summed E-state index contributed by atoms with van der Waals surface area (Å²) in [5.41, 5.74) is 7.83. The Labute approximate surface area is 266 Å². The Kier molecular flexibility index (Phi) is 6.83. The minimum absolute atomic E-state index is 0.629. The Hall–Kier alpha value is -6.44. The molecule has 0 aliphatic rings. The van der Waals surface area contributed by atoms with Gasteiger partial charge in [-0.3, -0.25) is 0 Å². The van der Waals surface area contributed by atoms with Gasteiger partial charge < -0.3 is 0 Å². The molecule has 8 rings (SSSR count). The van der Waals surface area contributed by atoms with Gasteiger partial charge >= 0.3 is 0 Å². The molecular formula is C42H26N4. The second-order valence-corrected chi connectivity index (χ2v) is 11.2. The highest BCUT2D eigenvalue weighted by Gasteiger charge is 2.13. The van der Waals surface area contributed by atoms with E-state index in [-0.39, 0.29) is 0 Å². The van der Waals surface area contributed by atoms with E-state index < -0.39 is 0 Å². The molecule has 0 aliphatic heterocycles. The van der Waals surface area contributed by atoms with Gasteiger partial charge in [0.1, 0.15) is 0 Å². The molecular weight excluding hydrogens is 560 g/mol. The van der Waals surface area contributed by atoms with E-state index in [0.29, 0.717) is 23.0 Å². The van der Waals surface area contributed by atoms with Gasteiger partial charge in [0, 0.05) is 16.7 Å². The zero-order valence-corrected chi connectivity index (χ0v) is 24.8. The third-order valence-electron chi connectivity index (χ3n) is 8.35. The van der Waals surface area contributed by atoms with Gasteiger partial charge in [0.25, 0.3) is 0 Å². The van der Waals surface area contributed by atoms with Crippen molar-refractivity contribution in [3.05, 3.63) is 163 Å². The molecule has 4 nitrogen and oxygen atoms in total. The maximum absolute atomic E-state index is 9.90. The molecule has 0 spiro atoms. The Morgan fingerprint density at radius 1 is 0.370 bits per heavy atom. The highest BCUT2D eigenvalue weighted by Crippen LogP contribution is 2.35. The molecule has 0 saturated heterocycles. The Balaban J connectivity index is 1.19. The first-order valence-corrected chi connectivity index (χ1v) is 15.2. The maximum atomic E-state index is 9.90. The summed E-state index contributed by atoms with van der Waals surface area (Å²) in [6.07, 6.45) is 0. The summed E-state index contributed by atoms with van der Waals surface area (Å²) in [5.74, 6) is 1.91. The van der Waals surface area contributed by atoms with Crippen LogP contribution in [0.1, 0.15) is 5.56 Å². The topological polar surface area (TPSA) is 62.5 Å². The number of hydrogen-bond donors (Lipinski definition) is 0. The minimum atomic E-state index is 0.629. The van der Waals surface area contributed by atoms with Crippen molar-refractivity contribution in [1.29, 1.82) is 5.26 Å². The van der Waals surface area contributed by atoms with E-state index in [1.54, 1.807) is 0 Å². The van der Waals surface area contributed by atoms with E-state index in [1.807, 2.05) is 84.9 Å². The van der Waals surface area contributed by atoms with Crippen LogP contribution in [0.3, 0.4) is 0 Å². The summed E-state index contributed by atoms with van der Waals surface area (Å²) in [4.78, 5) is 14.6. The average molecular weight is 587 g/mol. The molecule has 0 radical (unpaired) electrons. The highest BCUT2D eigenvalue weighted by atomic mass is 15.0. The summed E-state index contributed by atoms with van der Waals surface area (Å²) in [6.45, 7) is 0. The van der Waals surface area contributed by atoms with Crippen molar-refractivity contribution in [2.75, 3.05) is 0 Å². The standard InChI is InChI=1S/C42H26N4/c43-27-36-25-35(24-34-14-7-8-16-37(34)36)38-17-9-15-29-20-23-33(26-39(29)38)28-18-21-32(22-19-28)42-45-40(30-10-3-1-4-11-30)44-41(46-42)31-12-5-2-6-13-31/h1-26H. The molecule has 0 aliphatic carbocycles. The maximum Gasteiger partial charge on any atom is 0.164 e. The number of rotatable bonds is 5. The van der Waals surface area contributed by atoms with Gasteiger partial charge in [-0.1, -0.05) is 140 Å². The van der Waals surface area contributed by atoms with Crippen molar-refractivity contribution in [2.24, 2.45) is 0 Å². The summed E-state index contributed by atoms with van der Waals surface area (Å²) < 4.78 is 0. The molecule has 8 aromatic rings. The zero-order valence-electron chi connectivity index (χ0n) is 24.8. The second-order valence-electron chi connectivity index (χ2n) is 11.2. The molecule has 0 unspecified atom stereocenters. The fourth-order valence-electron chi connectivity index (χ4n) is 6.01. The third kappa shape index (κ3) is 5.06. The number of hydrogen-bond acceptors (Lipinski definition) is 4. The summed E-state index contributed by atoms with van der Waals surface area (Å²) in [6, 6.07) is 56.0. The normalized spacial score (nSPS) is 11.0. The van der Waals surface area contributed by atoms with Crippen molar-refractivity contribution in [1.82, 2.24) is 15.0 Å². The van der Waals surface area contributed by atoms with Gasteiger partial charge in [0.05, 0.1) is 11.6 Å². The van der Waals surface area contributed by atoms with E-state index in [4.69, 9.17) is 15.0 Å². The monoisotopic (exact) mass is 586 g/mol. The third-order valence-corrected chi connectivity index (χ3v) is 8.35. The summed E-state index contributed by atoms with van der Waals surface area (Å²) in [7, 11) is 0. The Morgan fingerprint density at radius 2 is 0.913 bits per heavy atom. The molecule has 0 bridgehead atoms. The van der Waals surface area contributed by atoms with Gasteiger partial charge in [-0.15, -0.1) is 0 Å². The lowest BCUT2D eigenvalue weighted by Gasteiger charge is -2.12. The Bertz CT molecular complexity index is 2350. The molecule has 0 atom stereocenters. The van der Waals surface area contributed by atoms with E-state index >= 15 is 0 Å². The molecule has 1 heterocycles. The summed E-state index contributed by atoms with van der Waals surface area (Å²) >= 11 is 0. The van der Waals surface area contributed by atoms with Crippen LogP contribution in [0.15, 0.2) is 158 Å². The molecule has 0 saturated carbocycles. The molecule has 0 fully saturated rings. The van der Waals surface area contributed by atoms with Gasteiger partial charge in [-0.25, -0.2) is 15.0 Å². The Morgan fingerprint density at radius 3 is 1.57 bits per heavy atom. The lowest BCUT2D eigenvalue weighted by Crippen LogP contribution is -2.00. The van der Waals surface area contributed by atoms with Crippen molar-refractivity contribution < 1.29 is 0 Å². The van der Waals surface area contributed by atoms with Crippen LogP contribution in [0.4, 0.5) is 0 Å². The molecule has 214 valence electrons. The lowest BCUT2D eigenvalue weighted by atomic mass is 9.92. The van der Waals surface area contributed by atoms with Crippen molar-refractivity contribution in [3.63, 3.8) is 0 Å². The van der Waals surface area contributed by atoms with E-state index in [1.165, 1.54) is 0 Å². The van der Waals surface area contributed by atoms with Crippen LogP contribution < -0.4 is 0 Å². The van der Waals surface area contributed by atoms with Crippen LogP contribution in [-0.2, 0) is 0 Å². The van der Waals surface area contributed by atoms with Crippen LogP contribution in [-0.4, -0.2) is 15.0 Å². The molecule has 0 N–H and O–H groups in total. The molecule has 0 amide bonds. The number of nitriles is 1. The first-order chi connectivity index (χ1) is 22.7. The number of aromatic nitrogens is 3. The van der Waals surface area contributed by atoms with E-state index in [2.05, 4.69) is 78.9 Å². The van der Waals surface area contributed by atoms with Crippen molar-refractivity contribution >= 4 is 21.5 Å². The van der Waals surface area contributed by atoms with E-state index in [0.717, 1.165) is 60.5 Å². The molecule has 7 aromatic carbocycles. The lowest BCUT2D eigenvalue weighted by molar-refractivity contribution is 1.07. The quantitative estimate of drug-likeness (QED) is 0.201. The van der Waals surface area contributed by atoms with Gasteiger partial charge in [0.15, 0.2) is 17.5 Å². The predicted octanol–water partition coefficient (Wildman–Crippen LogP) is 10.4. The second kappa shape index (κ2) is 11.6. The average Bonchev–Trinajstić information content (AvgIpc) is 3.14. The SMILES string of the molecule is N#Cc1cc(-c2cccc3ccc(-c4ccc(-c5nc(-c6ccccc6)nc(-c6ccccc6)n5)cc4)cc23)cc2ccccc12. The summed E-state index contributed by atoms with van der Waals surface area (Å²) in [5, 5.41) is 14.2. The van der Waals surface area contributed by atoms with Crippen LogP contribution in [0.25, 0.3) is 78.0 Å². The van der Waals surface area contributed by atoms with Gasteiger partial charge in [0.2, 0.25) is 0 Å². The number of fused-ring (bicyclic) bond motifs is 2. The molecule has 46 heavy (non-hydrogen) atoms. The van der Waals surface area contributed by atoms with E-state index in [9.17, 15) is 5.26 Å². The fraction of sp³-hybridized carbons (Fsp3) is 0. The van der Waals surface area contributed by atoms with Crippen molar-refractivity contribution in [2.45, 2.75) is 0 Å². The smallest absolute Gasteiger partial charge is 0.164 e. The zero-order chi connectivity index (χ0) is 30.9. The number of benzene rings is 7. The predicted molar refractivity (Wildman–Crippen MR) is 187 cm³/mol. The van der Waals surface area contributed by atoms with Crippen LogP contribution in [0, 0.1) is 11.3 Å². The number of nitrogens with zero attached hydrogens (tertiary/aromatic N) is 4. The molecule has 4 heteroatoms. The molecule has 1 aromatic heterocycles. The minimum Gasteiger partial charge on any atom is -0.208 e. The van der Waals surface area contributed by atoms with Crippen LogP contribution >= 0.6 is 0 Å². The first-order valence-electron chi connectivity index (χ1n) is 15.2.